The van der Waals surface area contributed by atoms with Crippen molar-refractivity contribution in [3.8, 4) is 16.9 Å². The maximum absolute atomic E-state index is 13.3. The Morgan fingerprint density at radius 2 is 1.97 bits per heavy atom. The Morgan fingerprint density at radius 1 is 1.23 bits per heavy atom. The third-order valence-corrected chi connectivity index (χ3v) is 6.41. The van der Waals surface area contributed by atoms with Crippen LogP contribution in [-0.4, -0.2) is 47.2 Å². The van der Waals surface area contributed by atoms with Crippen LogP contribution in [0.15, 0.2) is 41.5 Å². The fraction of sp³-hybridized carbons (Fsp3) is 0.480. The second-order valence-electron chi connectivity index (χ2n) is 9.27. The van der Waals surface area contributed by atoms with Crippen molar-refractivity contribution in [3.05, 3.63) is 47.8 Å². The van der Waals surface area contributed by atoms with E-state index >= 15 is 0 Å². The van der Waals surface area contributed by atoms with E-state index in [-0.39, 0.29) is 11.8 Å². The molecule has 1 aromatic carbocycles. The highest BCUT2D eigenvalue weighted by Gasteiger charge is 2.43. The van der Waals surface area contributed by atoms with Gasteiger partial charge in [0.25, 0.3) is 0 Å². The van der Waals surface area contributed by atoms with E-state index in [2.05, 4.69) is 48.6 Å². The van der Waals surface area contributed by atoms with Gasteiger partial charge < -0.3 is 9.64 Å². The summed E-state index contributed by atoms with van der Waals surface area (Å²) in [6.45, 7) is 9.69. The molecule has 1 N–H and O–H groups in total. The smallest absolute Gasteiger partial charge is 0.249 e. The number of hydrogen-bond donors (Lipinski definition) is 1. The fourth-order valence-electron chi connectivity index (χ4n) is 4.48. The molecule has 164 valence electrons. The number of aryl methyl sites for hydroxylation is 1. The van der Waals surface area contributed by atoms with Gasteiger partial charge in [-0.25, -0.2) is 0 Å². The Bertz CT molecular complexity index is 999. The van der Waals surface area contributed by atoms with Gasteiger partial charge in [-0.3, -0.25) is 15.2 Å². The van der Waals surface area contributed by atoms with Crippen LogP contribution in [0.3, 0.4) is 0 Å². The first-order valence-electron chi connectivity index (χ1n) is 11.0. The molecule has 2 aromatic rings. The molecule has 2 aliphatic heterocycles. The molecule has 6 heteroatoms. The van der Waals surface area contributed by atoms with E-state index in [1.165, 1.54) is 0 Å². The normalized spacial score (nSPS) is 23.1. The summed E-state index contributed by atoms with van der Waals surface area (Å²) in [6.07, 6.45) is 1.60. The van der Waals surface area contributed by atoms with Crippen molar-refractivity contribution in [1.29, 1.82) is 0 Å². The van der Waals surface area contributed by atoms with E-state index in [0.717, 1.165) is 46.9 Å². The number of likely N-dealkylation sites (tertiary alicyclic amines) is 1. The van der Waals surface area contributed by atoms with Crippen molar-refractivity contribution in [1.82, 2.24) is 15.3 Å². The van der Waals surface area contributed by atoms with Crippen molar-refractivity contribution in [3.63, 3.8) is 0 Å². The van der Waals surface area contributed by atoms with Crippen molar-refractivity contribution < 1.29 is 9.53 Å². The number of hydrazone groups is 1. The third kappa shape index (κ3) is 4.29. The summed E-state index contributed by atoms with van der Waals surface area (Å²) in [6, 6.07) is 12.4. The summed E-state index contributed by atoms with van der Waals surface area (Å²) in [5.41, 5.74) is 7.88. The van der Waals surface area contributed by atoms with Gasteiger partial charge in [0.1, 0.15) is 11.3 Å². The average Bonchev–Trinajstić information content (AvgIpc) is 3.41. The first kappa shape index (κ1) is 21.3. The fourth-order valence-corrected chi connectivity index (χ4v) is 4.48. The van der Waals surface area contributed by atoms with Crippen molar-refractivity contribution in [2.24, 2.45) is 11.0 Å². The number of rotatable bonds is 5. The number of methoxy groups -OCH3 is 1. The Hall–Kier alpha value is -2.89. The van der Waals surface area contributed by atoms with Gasteiger partial charge in [-0.1, -0.05) is 26.0 Å². The Labute approximate surface area is 184 Å². The SMILES string of the molecule is COc1ccc(-c2cc(C)nc(C3CCN(C(=O)C4(C)CC(C(C)C)=NN4)C3)c2)cc1. The van der Waals surface area contributed by atoms with Gasteiger partial charge in [0.05, 0.1) is 7.11 Å². The maximum atomic E-state index is 13.3. The summed E-state index contributed by atoms with van der Waals surface area (Å²) in [5.74, 6) is 1.58. The van der Waals surface area contributed by atoms with Crippen LogP contribution in [0.2, 0.25) is 0 Å². The molecule has 1 aromatic heterocycles. The molecule has 31 heavy (non-hydrogen) atoms. The molecular weight excluding hydrogens is 388 g/mol. The van der Waals surface area contributed by atoms with Crippen LogP contribution in [0.4, 0.5) is 0 Å². The van der Waals surface area contributed by atoms with Gasteiger partial charge >= 0.3 is 0 Å². The molecule has 3 heterocycles. The van der Waals surface area contributed by atoms with E-state index in [1.807, 2.05) is 30.9 Å². The monoisotopic (exact) mass is 420 g/mol. The molecule has 0 bridgehead atoms. The molecule has 4 rings (SSSR count). The summed E-state index contributed by atoms with van der Waals surface area (Å²) < 4.78 is 5.27. The summed E-state index contributed by atoms with van der Waals surface area (Å²) in [4.78, 5) is 20.1. The minimum Gasteiger partial charge on any atom is -0.497 e. The highest BCUT2D eigenvalue weighted by molar-refractivity contribution is 5.97. The number of nitrogens with one attached hydrogen (secondary N) is 1. The zero-order chi connectivity index (χ0) is 22.2. The summed E-state index contributed by atoms with van der Waals surface area (Å²) in [5, 5.41) is 4.43. The number of benzene rings is 1. The molecule has 1 amide bonds. The molecule has 6 nitrogen and oxygen atoms in total. The summed E-state index contributed by atoms with van der Waals surface area (Å²) >= 11 is 0. The molecule has 1 fully saturated rings. The highest BCUT2D eigenvalue weighted by atomic mass is 16.5. The van der Waals surface area contributed by atoms with E-state index < -0.39 is 5.54 Å². The zero-order valence-corrected chi connectivity index (χ0v) is 19.1. The number of pyridine rings is 1. The largest absolute Gasteiger partial charge is 0.497 e. The minimum absolute atomic E-state index is 0.137. The number of ether oxygens (including phenoxy) is 1. The predicted molar refractivity (Wildman–Crippen MR) is 123 cm³/mol. The highest BCUT2D eigenvalue weighted by Crippen LogP contribution is 2.32. The van der Waals surface area contributed by atoms with Crippen LogP contribution in [0.25, 0.3) is 11.1 Å². The van der Waals surface area contributed by atoms with Gasteiger partial charge in [-0.05, 0) is 61.6 Å². The molecular formula is C25H32N4O2. The number of carbonyl (C=O) groups is 1. The van der Waals surface area contributed by atoms with Crippen molar-refractivity contribution in [2.75, 3.05) is 20.2 Å². The maximum Gasteiger partial charge on any atom is 0.249 e. The number of amides is 1. The number of hydrogen-bond acceptors (Lipinski definition) is 5. The van der Waals surface area contributed by atoms with Crippen LogP contribution in [0.1, 0.15) is 50.9 Å². The number of nitrogens with zero attached hydrogens (tertiary/aromatic N) is 3. The lowest BCUT2D eigenvalue weighted by molar-refractivity contribution is -0.136. The van der Waals surface area contributed by atoms with Gasteiger partial charge in [-0.2, -0.15) is 5.10 Å². The van der Waals surface area contributed by atoms with Gasteiger partial charge in [0, 0.05) is 42.5 Å². The van der Waals surface area contributed by atoms with E-state index in [0.29, 0.717) is 18.9 Å². The van der Waals surface area contributed by atoms with Crippen LogP contribution in [0.5, 0.6) is 5.75 Å². The first-order chi connectivity index (χ1) is 14.8. The van der Waals surface area contributed by atoms with Gasteiger partial charge in [-0.15, -0.1) is 0 Å². The predicted octanol–water partition coefficient (Wildman–Crippen LogP) is 4.15. The first-order valence-corrected chi connectivity index (χ1v) is 11.0. The molecule has 0 radical (unpaired) electrons. The lowest BCUT2D eigenvalue weighted by Crippen LogP contribution is -2.52. The molecule has 2 aliphatic rings. The van der Waals surface area contributed by atoms with Crippen molar-refractivity contribution in [2.45, 2.75) is 52.0 Å². The lowest BCUT2D eigenvalue weighted by Gasteiger charge is -2.28. The van der Waals surface area contributed by atoms with Gasteiger partial charge in [0.2, 0.25) is 5.91 Å². The Morgan fingerprint density at radius 3 is 2.61 bits per heavy atom. The minimum atomic E-state index is -0.636. The molecule has 2 atom stereocenters. The van der Waals surface area contributed by atoms with E-state index in [9.17, 15) is 4.79 Å². The topological polar surface area (TPSA) is 66.8 Å². The van der Waals surface area contributed by atoms with Crippen LogP contribution < -0.4 is 10.2 Å². The Balaban J connectivity index is 1.49. The zero-order valence-electron chi connectivity index (χ0n) is 19.1. The Kier molecular flexibility index (Phi) is 5.73. The van der Waals surface area contributed by atoms with Crippen LogP contribution in [0, 0.1) is 12.8 Å². The summed E-state index contributed by atoms with van der Waals surface area (Å²) in [7, 11) is 1.67. The third-order valence-electron chi connectivity index (χ3n) is 6.41. The quantitative estimate of drug-likeness (QED) is 0.789. The van der Waals surface area contributed by atoms with Gasteiger partial charge in [0.15, 0.2) is 0 Å². The number of carbonyl (C=O) groups excluding carboxylic acids is 1. The van der Waals surface area contributed by atoms with E-state index in [4.69, 9.17) is 9.72 Å². The van der Waals surface area contributed by atoms with Crippen LogP contribution in [-0.2, 0) is 4.79 Å². The molecule has 0 spiro atoms. The molecule has 0 aliphatic carbocycles. The number of aromatic nitrogens is 1. The molecule has 0 saturated carbocycles. The van der Waals surface area contributed by atoms with E-state index in [1.54, 1.807) is 7.11 Å². The average molecular weight is 421 g/mol. The second-order valence-corrected chi connectivity index (χ2v) is 9.27. The molecule has 1 saturated heterocycles. The lowest BCUT2D eigenvalue weighted by atomic mass is 9.91. The van der Waals surface area contributed by atoms with Crippen molar-refractivity contribution >= 4 is 11.6 Å². The van der Waals surface area contributed by atoms with Crippen LogP contribution >= 0.6 is 0 Å². The standard InChI is InChI=1S/C25H32N4O2/c1-16(2)23-14-25(4,28-27-23)24(30)29-11-10-19(15-29)22-13-20(12-17(3)26-22)18-6-8-21(31-5)9-7-18/h6-9,12-13,16,19,28H,10-11,14-15H2,1-5H3. The second kappa shape index (κ2) is 8.33. The molecule has 2 unspecified atom stereocenters.